The topological polar surface area (TPSA) is 26.3 Å². The van der Waals surface area contributed by atoms with Gasteiger partial charge in [-0.05, 0) is 49.3 Å². The van der Waals surface area contributed by atoms with Gasteiger partial charge >= 0.3 is 0 Å². The molecule has 0 amide bonds. The number of ether oxygens (including phenoxy) is 1. The van der Waals surface area contributed by atoms with Crippen LogP contribution in [-0.2, 0) is 16.0 Å². The van der Waals surface area contributed by atoms with Gasteiger partial charge in [-0.3, -0.25) is 4.79 Å². The fraction of sp³-hybridized carbons (Fsp3) is 0.562. The number of carbonyl (C=O) groups is 1. The van der Waals surface area contributed by atoms with Gasteiger partial charge in [0.2, 0.25) is 0 Å². The standard InChI is InChI=1S/C16H20F2O2/c1-11-3-5-16(20-2,6-4-11)15(19)9-12-7-13(17)10-14(18)8-12/h7-8,10-11H,3-6,9H2,1-2H3. The van der Waals surface area contributed by atoms with Crippen molar-refractivity contribution < 1.29 is 18.3 Å². The molecule has 20 heavy (non-hydrogen) atoms. The highest BCUT2D eigenvalue weighted by Gasteiger charge is 2.40. The van der Waals surface area contributed by atoms with Crippen molar-refractivity contribution in [3.05, 3.63) is 35.4 Å². The SMILES string of the molecule is COC1(C(=O)Cc2cc(F)cc(F)c2)CCC(C)CC1. The summed E-state index contributed by atoms with van der Waals surface area (Å²) < 4.78 is 31.8. The molecular formula is C16H20F2O2. The monoisotopic (exact) mass is 282 g/mol. The van der Waals surface area contributed by atoms with Crippen LogP contribution in [0.1, 0.15) is 38.2 Å². The molecule has 0 bridgehead atoms. The van der Waals surface area contributed by atoms with Crippen molar-refractivity contribution in [2.45, 2.75) is 44.6 Å². The Morgan fingerprint density at radius 3 is 2.30 bits per heavy atom. The highest BCUT2D eigenvalue weighted by molar-refractivity contribution is 5.89. The summed E-state index contributed by atoms with van der Waals surface area (Å²) in [6, 6.07) is 3.22. The van der Waals surface area contributed by atoms with Gasteiger partial charge in [-0.25, -0.2) is 8.78 Å². The van der Waals surface area contributed by atoms with E-state index in [1.54, 1.807) is 7.11 Å². The highest BCUT2D eigenvalue weighted by atomic mass is 19.1. The highest BCUT2D eigenvalue weighted by Crippen LogP contribution is 2.35. The van der Waals surface area contributed by atoms with Gasteiger partial charge in [-0.1, -0.05) is 6.92 Å². The zero-order chi connectivity index (χ0) is 14.8. The molecule has 0 atom stereocenters. The summed E-state index contributed by atoms with van der Waals surface area (Å²) in [5, 5.41) is 0. The predicted molar refractivity (Wildman–Crippen MR) is 72.4 cm³/mol. The molecule has 4 heteroatoms. The minimum absolute atomic E-state index is 0.0108. The van der Waals surface area contributed by atoms with E-state index >= 15 is 0 Å². The lowest BCUT2D eigenvalue weighted by molar-refractivity contribution is -0.145. The summed E-state index contributed by atoms with van der Waals surface area (Å²) in [6.45, 7) is 2.16. The van der Waals surface area contributed by atoms with Crippen molar-refractivity contribution >= 4 is 5.78 Å². The number of benzene rings is 1. The number of Topliss-reactive ketones (excluding diaryl/α,β-unsaturated/α-hetero) is 1. The van der Waals surface area contributed by atoms with Gasteiger partial charge in [0.25, 0.3) is 0 Å². The third kappa shape index (κ3) is 3.23. The van der Waals surface area contributed by atoms with Crippen LogP contribution in [0.25, 0.3) is 0 Å². The average Bonchev–Trinajstić information content (AvgIpc) is 2.38. The Bertz CT molecular complexity index is 471. The number of halogens is 2. The van der Waals surface area contributed by atoms with Crippen LogP contribution in [0, 0.1) is 17.6 Å². The molecule has 0 heterocycles. The lowest BCUT2D eigenvalue weighted by atomic mass is 9.76. The smallest absolute Gasteiger partial charge is 0.168 e. The van der Waals surface area contributed by atoms with Crippen LogP contribution < -0.4 is 0 Å². The maximum Gasteiger partial charge on any atom is 0.168 e. The lowest BCUT2D eigenvalue weighted by Gasteiger charge is -2.37. The third-order valence-corrected chi connectivity index (χ3v) is 4.27. The number of methoxy groups -OCH3 is 1. The average molecular weight is 282 g/mol. The second kappa shape index (κ2) is 6.00. The van der Waals surface area contributed by atoms with E-state index in [0.29, 0.717) is 24.3 Å². The van der Waals surface area contributed by atoms with E-state index in [2.05, 4.69) is 6.92 Å². The van der Waals surface area contributed by atoms with Crippen molar-refractivity contribution in [1.82, 2.24) is 0 Å². The van der Waals surface area contributed by atoms with Crippen LogP contribution in [0.5, 0.6) is 0 Å². The molecule has 1 aliphatic carbocycles. The Hall–Kier alpha value is -1.29. The van der Waals surface area contributed by atoms with Crippen molar-refractivity contribution in [3.8, 4) is 0 Å². The molecule has 1 aromatic rings. The normalized spacial score (nSPS) is 26.5. The molecule has 2 nitrogen and oxygen atoms in total. The summed E-state index contributed by atoms with van der Waals surface area (Å²) in [4.78, 5) is 12.5. The zero-order valence-corrected chi connectivity index (χ0v) is 11.9. The van der Waals surface area contributed by atoms with E-state index in [1.807, 2.05) is 0 Å². The second-order valence-electron chi connectivity index (χ2n) is 5.76. The Morgan fingerprint density at radius 2 is 1.80 bits per heavy atom. The van der Waals surface area contributed by atoms with E-state index in [9.17, 15) is 13.6 Å². The molecule has 0 N–H and O–H groups in total. The lowest BCUT2D eigenvalue weighted by Crippen LogP contribution is -2.44. The van der Waals surface area contributed by atoms with E-state index in [4.69, 9.17) is 4.74 Å². The maximum absolute atomic E-state index is 13.2. The fourth-order valence-electron chi connectivity index (χ4n) is 2.88. The minimum atomic E-state index is -0.782. The van der Waals surface area contributed by atoms with Gasteiger partial charge in [0.05, 0.1) is 0 Å². The summed E-state index contributed by atoms with van der Waals surface area (Å²) in [6.07, 6.45) is 3.26. The van der Waals surface area contributed by atoms with Crippen molar-refractivity contribution in [2.24, 2.45) is 5.92 Å². The number of rotatable bonds is 4. The molecule has 2 rings (SSSR count). The van der Waals surface area contributed by atoms with Crippen molar-refractivity contribution in [1.29, 1.82) is 0 Å². The van der Waals surface area contributed by atoms with Crippen LogP contribution in [0.4, 0.5) is 8.78 Å². The van der Waals surface area contributed by atoms with Gasteiger partial charge in [0.1, 0.15) is 17.2 Å². The summed E-state index contributed by atoms with van der Waals surface area (Å²) in [5.41, 5.74) is -0.419. The van der Waals surface area contributed by atoms with Crippen LogP contribution >= 0.6 is 0 Å². The molecule has 0 saturated heterocycles. The number of carbonyl (C=O) groups excluding carboxylic acids is 1. The number of ketones is 1. The van der Waals surface area contributed by atoms with Gasteiger partial charge in [-0.2, -0.15) is 0 Å². The first-order chi connectivity index (χ1) is 9.45. The molecule has 0 unspecified atom stereocenters. The fourth-order valence-corrected chi connectivity index (χ4v) is 2.88. The van der Waals surface area contributed by atoms with E-state index in [0.717, 1.165) is 18.9 Å². The van der Waals surface area contributed by atoms with E-state index in [1.165, 1.54) is 12.1 Å². The Kier molecular flexibility index (Phi) is 4.53. The van der Waals surface area contributed by atoms with Crippen LogP contribution in [0.3, 0.4) is 0 Å². The molecular weight excluding hydrogens is 262 g/mol. The minimum Gasteiger partial charge on any atom is -0.370 e. The first kappa shape index (κ1) is 15.1. The van der Waals surface area contributed by atoms with Crippen molar-refractivity contribution in [2.75, 3.05) is 7.11 Å². The molecule has 1 aliphatic rings. The predicted octanol–water partition coefficient (Wildman–Crippen LogP) is 3.67. The third-order valence-electron chi connectivity index (χ3n) is 4.27. The number of hydrogen-bond donors (Lipinski definition) is 0. The van der Waals surface area contributed by atoms with Gasteiger partial charge in [0, 0.05) is 19.6 Å². The zero-order valence-electron chi connectivity index (χ0n) is 11.9. The molecule has 1 fully saturated rings. The van der Waals surface area contributed by atoms with Gasteiger partial charge in [-0.15, -0.1) is 0 Å². The molecule has 110 valence electrons. The van der Waals surface area contributed by atoms with E-state index < -0.39 is 17.2 Å². The molecule has 0 aliphatic heterocycles. The maximum atomic E-state index is 13.2. The molecule has 0 aromatic heterocycles. The molecule has 1 aromatic carbocycles. The largest absolute Gasteiger partial charge is 0.370 e. The first-order valence-electron chi connectivity index (χ1n) is 6.98. The first-order valence-corrected chi connectivity index (χ1v) is 6.98. The quantitative estimate of drug-likeness (QED) is 0.842. The Morgan fingerprint density at radius 1 is 1.25 bits per heavy atom. The van der Waals surface area contributed by atoms with Crippen LogP contribution in [0.15, 0.2) is 18.2 Å². The summed E-state index contributed by atoms with van der Waals surface area (Å²) in [7, 11) is 1.54. The Balaban J connectivity index is 2.13. The molecule has 0 spiro atoms. The Labute approximate surface area is 118 Å². The van der Waals surface area contributed by atoms with Crippen LogP contribution in [-0.4, -0.2) is 18.5 Å². The second-order valence-corrected chi connectivity index (χ2v) is 5.76. The van der Waals surface area contributed by atoms with E-state index in [-0.39, 0.29) is 12.2 Å². The molecule has 1 saturated carbocycles. The van der Waals surface area contributed by atoms with Gasteiger partial charge in [0.15, 0.2) is 5.78 Å². The van der Waals surface area contributed by atoms with Gasteiger partial charge < -0.3 is 4.74 Å². The van der Waals surface area contributed by atoms with Crippen molar-refractivity contribution in [3.63, 3.8) is 0 Å². The van der Waals surface area contributed by atoms with Crippen LogP contribution in [0.2, 0.25) is 0 Å². The summed E-state index contributed by atoms with van der Waals surface area (Å²) in [5.74, 6) is -0.803. The summed E-state index contributed by atoms with van der Waals surface area (Å²) >= 11 is 0. The molecule has 0 radical (unpaired) electrons. The number of hydrogen-bond acceptors (Lipinski definition) is 2.